The molecule has 7 nitrogen and oxygen atoms in total. The molecule has 3 rings (SSSR count). The lowest BCUT2D eigenvalue weighted by molar-refractivity contribution is 0.0954. The third-order valence-corrected chi connectivity index (χ3v) is 5.53. The minimum Gasteiger partial charge on any atom is -0.493 e. The number of nitrogens with one attached hydrogen (secondary N) is 1. The number of aryl methyl sites for hydroxylation is 1. The average molecular weight is 541 g/mol. The van der Waals surface area contributed by atoms with Crippen molar-refractivity contribution in [3.05, 3.63) is 81.3 Å². The zero-order valence-electron chi connectivity index (χ0n) is 20.3. The molecule has 0 aliphatic heterocycles. The fourth-order valence-electron chi connectivity index (χ4n) is 3.22. The van der Waals surface area contributed by atoms with Crippen molar-refractivity contribution in [1.29, 1.82) is 0 Å². The van der Waals surface area contributed by atoms with Crippen LogP contribution in [0, 0.1) is 6.92 Å². The minimum absolute atomic E-state index is 0.371. The Morgan fingerprint density at radius 2 is 1.66 bits per heavy atom. The topological polar surface area (TPSA) is 78.4 Å². The zero-order chi connectivity index (χ0) is 25.2. The van der Waals surface area contributed by atoms with Crippen LogP contribution in [-0.2, 0) is 6.61 Å². The van der Waals surface area contributed by atoms with E-state index < -0.39 is 0 Å². The van der Waals surface area contributed by atoms with E-state index in [4.69, 9.17) is 18.9 Å². The zero-order valence-corrected chi connectivity index (χ0v) is 21.8. The quantitative estimate of drug-likeness (QED) is 0.241. The summed E-state index contributed by atoms with van der Waals surface area (Å²) >= 11 is 3.57. The van der Waals surface area contributed by atoms with Gasteiger partial charge in [-0.2, -0.15) is 5.10 Å². The number of benzene rings is 3. The summed E-state index contributed by atoms with van der Waals surface area (Å²) in [5.41, 5.74) is 5.92. The Bertz CT molecular complexity index is 1180. The van der Waals surface area contributed by atoms with E-state index in [1.54, 1.807) is 24.4 Å². The number of hydrogen-bond donors (Lipinski definition) is 1. The first-order valence-electron chi connectivity index (χ1n) is 11.2. The van der Waals surface area contributed by atoms with Gasteiger partial charge in [0.15, 0.2) is 23.0 Å². The molecule has 0 bridgehead atoms. The highest BCUT2D eigenvalue weighted by Gasteiger charge is 2.13. The predicted molar refractivity (Wildman–Crippen MR) is 140 cm³/mol. The van der Waals surface area contributed by atoms with E-state index in [0.29, 0.717) is 48.4 Å². The van der Waals surface area contributed by atoms with Crippen molar-refractivity contribution in [2.45, 2.75) is 27.4 Å². The number of hydrazone groups is 1. The average Bonchev–Trinajstić information content (AvgIpc) is 2.85. The lowest BCUT2D eigenvalue weighted by Gasteiger charge is -2.15. The Morgan fingerprint density at radius 1 is 0.943 bits per heavy atom. The van der Waals surface area contributed by atoms with Gasteiger partial charge in [-0.25, -0.2) is 5.43 Å². The predicted octanol–water partition coefficient (Wildman–Crippen LogP) is 5.91. The standard InChI is InChI=1S/C27H29BrN2O5/c1-5-33-23-12-11-21(15-24(23)32-4)27(31)30-29-16-20-13-22(28)26(25(14-20)34-6-2)35-17-19-9-7-18(3)8-10-19/h7-16H,5-6,17H2,1-4H3,(H,30,31)/b29-16+. The monoisotopic (exact) mass is 540 g/mol. The summed E-state index contributed by atoms with van der Waals surface area (Å²) < 4.78 is 23.3. The molecule has 0 saturated heterocycles. The summed E-state index contributed by atoms with van der Waals surface area (Å²) in [7, 11) is 1.53. The maximum absolute atomic E-state index is 12.5. The maximum Gasteiger partial charge on any atom is 0.271 e. The second-order valence-corrected chi connectivity index (χ2v) is 8.39. The van der Waals surface area contributed by atoms with E-state index in [9.17, 15) is 4.79 Å². The van der Waals surface area contributed by atoms with Crippen LogP contribution in [0.3, 0.4) is 0 Å². The summed E-state index contributed by atoms with van der Waals surface area (Å²) in [5.74, 6) is 1.88. The van der Waals surface area contributed by atoms with Crippen LogP contribution < -0.4 is 24.4 Å². The van der Waals surface area contributed by atoms with E-state index in [2.05, 4.69) is 38.6 Å². The molecule has 3 aromatic rings. The highest BCUT2D eigenvalue weighted by Crippen LogP contribution is 2.37. The highest BCUT2D eigenvalue weighted by molar-refractivity contribution is 9.10. The molecule has 0 aliphatic rings. The van der Waals surface area contributed by atoms with Crippen molar-refractivity contribution in [2.24, 2.45) is 5.10 Å². The fraction of sp³-hybridized carbons (Fsp3) is 0.259. The largest absolute Gasteiger partial charge is 0.493 e. The molecule has 0 heterocycles. The lowest BCUT2D eigenvalue weighted by atomic mass is 10.1. The van der Waals surface area contributed by atoms with E-state index in [0.717, 1.165) is 15.6 Å². The van der Waals surface area contributed by atoms with E-state index in [-0.39, 0.29) is 5.91 Å². The Hall–Kier alpha value is -3.52. The van der Waals surface area contributed by atoms with E-state index in [1.165, 1.54) is 12.7 Å². The van der Waals surface area contributed by atoms with Gasteiger partial charge in [0.25, 0.3) is 5.91 Å². The van der Waals surface area contributed by atoms with Crippen molar-refractivity contribution < 1.29 is 23.7 Å². The van der Waals surface area contributed by atoms with Gasteiger partial charge in [-0.05, 0) is 78.2 Å². The van der Waals surface area contributed by atoms with Gasteiger partial charge in [-0.1, -0.05) is 29.8 Å². The van der Waals surface area contributed by atoms with Gasteiger partial charge in [-0.3, -0.25) is 4.79 Å². The Morgan fingerprint density at radius 3 is 2.34 bits per heavy atom. The molecule has 0 aromatic heterocycles. The van der Waals surface area contributed by atoms with E-state index in [1.807, 2.05) is 45.0 Å². The van der Waals surface area contributed by atoms with Gasteiger partial charge >= 0.3 is 0 Å². The minimum atomic E-state index is -0.371. The molecular weight excluding hydrogens is 512 g/mol. The molecule has 0 aliphatic carbocycles. The number of carbonyl (C=O) groups is 1. The van der Waals surface area contributed by atoms with Crippen LogP contribution in [0.15, 0.2) is 64.2 Å². The molecule has 0 radical (unpaired) electrons. The van der Waals surface area contributed by atoms with Crippen LogP contribution in [0.1, 0.15) is 40.9 Å². The molecule has 0 unspecified atom stereocenters. The SMILES string of the molecule is CCOc1ccc(C(=O)N/N=C/c2cc(Br)c(OCc3ccc(C)cc3)c(OCC)c2)cc1OC. The van der Waals surface area contributed by atoms with Crippen molar-refractivity contribution in [2.75, 3.05) is 20.3 Å². The molecule has 8 heteroatoms. The van der Waals surface area contributed by atoms with E-state index >= 15 is 0 Å². The second kappa shape index (κ2) is 12.8. The highest BCUT2D eigenvalue weighted by atomic mass is 79.9. The normalized spacial score (nSPS) is 10.8. The summed E-state index contributed by atoms with van der Waals surface area (Å²) in [6.07, 6.45) is 1.54. The first-order chi connectivity index (χ1) is 16.9. The van der Waals surface area contributed by atoms with Gasteiger partial charge in [0, 0.05) is 5.56 Å². The number of hydrogen-bond acceptors (Lipinski definition) is 6. The lowest BCUT2D eigenvalue weighted by Crippen LogP contribution is -2.17. The third kappa shape index (κ3) is 7.23. The molecule has 184 valence electrons. The number of rotatable bonds is 11. The molecule has 1 N–H and O–H groups in total. The molecule has 0 fully saturated rings. The third-order valence-electron chi connectivity index (χ3n) is 4.94. The number of amides is 1. The molecule has 1 amide bonds. The summed E-state index contributed by atoms with van der Waals surface area (Å²) in [6.45, 7) is 7.22. The van der Waals surface area contributed by atoms with Gasteiger partial charge in [0.1, 0.15) is 6.61 Å². The number of ether oxygens (including phenoxy) is 4. The van der Waals surface area contributed by atoms with Crippen molar-refractivity contribution >= 4 is 28.1 Å². The molecule has 3 aromatic carbocycles. The van der Waals surface area contributed by atoms with Crippen molar-refractivity contribution in [1.82, 2.24) is 5.43 Å². The molecular formula is C27H29BrN2O5. The molecule has 0 saturated carbocycles. The van der Waals surface area contributed by atoms with Crippen molar-refractivity contribution in [3.8, 4) is 23.0 Å². The Kier molecular flexibility index (Phi) is 9.55. The van der Waals surface area contributed by atoms with Crippen LogP contribution in [-0.4, -0.2) is 32.4 Å². The molecule has 0 spiro atoms. The van der Waals surface area contributed by atoms with Crippen LogP contribution in [0.25, 0.3) is 0 Å². The summed E-state index contributed by atoms with van der Waals surface area (Å²) in [6, 6.07) is 16.8. The molecule has 0 atom stereocenters. The smallest absolute Gasteiger partial charge is 0.271 e. The number of methoxy groups -OCH3 is 1. The number of halogens is 1. The first kappa shape index (κ1) is 26.1. The summed E-state index contributed by atoms with van der Waals surface area (Å²) in [5, 5.41) is 4.09. The Labute approximate surface area is 214 Å². The maximum atomic E-state index is 12.5. The fourth-order valence-corrected chi connectivity index (χ4v) is 3.79. The number of nitrogens with zero attached hydrogens (tertiary/aromatic N) is 1. The molecule has 35 heavy (non-hydrogen) atoms. The number of carbonyl (C=O) groups excluding carboxylic acids is 1. The summed E-state index contributed by atoms with van der Waals surface area (Å²) in [4.78, 5) is 12.5. The van der Waals surface area contributed by atoms with Crippen LogP contribution in [0.5, 0.6) is 23.0 Å². The van der Waals surface area contributed by atoms with Gasteiger partial charge in [-0.15, -0.1) is 0 Å². The first-order valence-corrected chi connectivity index (χ1v) is 12.0. The second-order valence-electron chi connectivity index (χ2n) is 7.54. The van der Waals surface area contributed by atoms with Gasteiger partial charge < -0.3 is 18.9 Å². The Balaban J connectivity index is 1.70. The van der Waals surface area contributed by atoms with Gasteiger partial charge in [0.2, 0.25) is 0 Å². The van der Waals surface area contributed by atoms with Crippen LogP contribution in [0.4, 0.5) is 0 Å². The van der Waals surface area contributed by atoms with Crippen LogP contribution in [0.2, 0.25) is 0 Å². The van der Waals surface area contributed by atoms with Crippen LogP contribution >= 0.6 is 15.9 Å². The van der Waals surface area contributed by atoms with Crippen molar-refractivity contribution in [3.63, 3.8) is 0 Å². The van der Waals surface area contributed by atoms with Gasteiger partial charge in [0.05, 0.1) is 31.0 Å².